The van der Waals surface area contributed by atoms with Crippen LogP contribution in [0.4, 0.5) is 8.78 Å². The maximum absolute atomic E-state index is 13.9. The summed E-state index contributed by atoms with van der Waals surface area (Å²) in [5.41, 5.74) is 0.122. The van der Waals surface area contributed by atoms with Gasteiger partial charge in [-0.2, -0.15) is 0 Å². The van der Waals surface area contributed by atoms with E-state index in [9.17, 15) is 13.9 Å². The molecule has 0 aromatic heterocycles. The zero-order valence-corrected chi connectivity index (χ0v) is 13.1. The third-order valence-corrected chi connectivity index (χ3v) is 4.37. The number of halogens is 3. The lowest BCUT2D eigenvalue weighted by Gasteiger charge is -2.14. The van der Waals surface area contributed by atoms with Crippen molar-refractivity contribution in [2.75, 3.05) is 5.75 Å². The van der Waals surface area contributed by atoms with Crippen molar-refractivity contribution in [3.8, 4) is 0 Å². The molecular formula is C15H13BrF2OS. The number of hydrogen-bond acceptors (Lipinski definition) is 2. The highest BCUT2D eigenvalue weighted by Crippen LogP contribution is 2.31. The molecule has 0 saturated heterocycles. The molecule has 20 heavy (non-hydrogen) atoms. The molecule has 0 bridgehead atoms. The van der Waals surface area contributed by atoms with Crippen LogP contribution in [0.25, 0.3) is 0 Å². The maximum atomic E-state index is 13.9. The molecule has 0 aliphatic rings. The van der Waals surface area contributed by atoms with Crippen LogP contribution in [-0.2, 0) is 0 Å². The summed E-state index contributed by atoms with van der Waals surface area (Å²) in [4.78, 5) is 1.05. The van der Waals surface area contributed by atoms with Gasteiger partial charge in [-0.15, -0.1) is 11.8 Å². The average Bonchev–Trinajstić information content (AvgIpc) is 2.44. The number of aliphatic hydroxyl groups excluding tert-OH is 1. The van der Waals surface area contributed by atoms with Crippen molar-refractivity contribution < 1.29 is 13.9 Å². The first-order valence-corrected chi connectivity index (χ1v) is 7.86. The Morgan fingerprint density at radius 1 is 1.15 bits per heavy atom. The lowest BCUT2D eigenvalue weighted by molar-refractivity contribution is 0.208. The first-order chi connectivity index (χ1) is 9.54. The summed E-state index contributed by atoms with van der Waals surface area (Å²) in [6.45, 7) is 2.04. The highest BCUT2D eigenvalue weighted by molar-refractivity contribution is 9.10. The predicted octanol–water partition coefficient (Wildman–Crippen LogP) is 4.92. The summed E-state index contributed by atoms with van der Waals surface area (Å²) in [6, 6.07) is 9.45. The summed E-state index contributed by atoms with van der Waals surface area (Å²) in [6.07, 6.45) is -1.33. The minimum Gasteiger partial charge on any atom is -0.383 e. The van der Waals surface area contributed by atoms with Crippen LogP contribution in [0.5, 0.6) is 0 Å². The summed E-state index contributed by atoms with van der Waals surface area (Å²) >= 11 is 4.66. The summed E-state index contributed by atoms with van der Waals surface area (Å²) in [7, 11) is 0. The predicted molar refractivity (Wildman–Crippen MR) is 81.0 cm³/mol. The van der Waals surface area contributed by atoms with Gasteiger partial charge < -0.3 is 5.11 Å². The van der Waals surface area contributed by atoms with Gasteiger partial charge >= 0.3 is 0 Å². The lowest BCUT2D eigenvalue weighted by atomic mass is 10.0. The Balaban J connectivity index is 2.36. The van der Waals surface area contributed by atoms with E-state index in [4.69, 9.17) is 0 Å². The molecule has 0 radical (unpaired) electrons. The molecule has 106 valence electrons. The molecule has 0 aliphatic carbocycles. The standard InChI is InChI=1S/C15H13BrF2OS/c1-2-20-10-5-3-9(4-6-10)15(19)13-12(17)8-7-11(16)14(13)18/h3-8,15,19H,2H2,1H3. The quantitative estimate of drug-likeness (QED) is 0.618. The molecular weight excluding hydrogens is 346 g/mol. The van der Waals surface area contributed by atoms with Crippen molar-refractivity contribution in [2.45, 2.75) is 17.9 Å². The number of rotatable bonds is 4. The van der Waals surface area contributed by atoms with E-state index in [-0.39, 0.29) is 10.0 Å². The molecule has 2 rings (SSSR count). The van der Waals surface area contributed by atoms with Crippen LogP contribution in [0.2, 0.25) is 0 Å². The largest absolute Gasteiger partial charge is 0.383 e. The molecule has 0 spiro atoms. The van der Waals surface area contributed by atoms with Crippen LogP contribution in [-0.4, -0.2) is 10.9 Å². The van der Waals surface area contributed by atoms with Crippen molar-refractivity contribution in [1.82, 2.24) is 0 Å². The summed E-state index contributed by atoms with van der Waals surface area (Å²) in [5.74, 6) is -0.591. The molecule has 0 amide bonds. The maximum Gasteiger partial charge on any atom is 0.146 e. The molecule has 2 aromatic rings. The third kappa shape index (κ3) is 3.22. The smallest absolute Gasteiger partial charge is 0.146 e. The fourth-order valence-corrected chi connectivity index (χ4v) is 2.88. The van der Waals surface area contributed by atoms with Gasteiger partial charge in [-0.1, -0.05) is 19.1 Å². The van der Waals surface area contributed by atoms with Gasteiger partial charge in [0.05, 0.1) is 10.0 Å². The third-order valence-electron chi connectivity index (χ3n) is 2.86. The Labute approximate surface area is 129 Å². The second-order valence-electron chi connectivity index (χ2n) is 4.16. The SMILES string of the molecule is CCSc1ccc(C(O)c2c(F)ccc(Br)c2F)cc1. The number of hydrogen-bond donors (Lipinski definition) is 1. The van der Waals surface area contributed by atoms with Crippen LogP contribution >= 0.6 is 27.7 Å². The van der Waals surface area contributed by atoms with E-state index < -0.39 is 17.7 Å². The highest BCUT2D eigenvalue weighted by Gasteiger charge is 2.21. The Morgan fingerprint density at radius 3 is 2.40 bits per heavy atom. The normalized spacial score (nSPS) is 12.4. The van der Waals surface area contributed by atoms with Gasteiger partial charge in [0.2, 0.25) is 0 Å². The molecule has 5 heteroatoms. The van der Waals surface area contributed by atoms with Crippen molar-refractivity contribution >= 4 is 27.7 Å². The molecule has 1 nitrogen and oxygen atoms in total. The van der Waals surface area contributed by atoms with E-state index in [0.717, 1.165) is 16.7 Å². The van der Waals surface area contributed by atoms with E-state index >= 15 is 0 Å². The van der Waals surface area contributed by atoms with Gasteiger partial charge in [0, 0.05) is 4.90 Å². The van der Waals surface area contributed by atoms with Crippen molar-refractivity contribution in [3.05, 3.63) is 63.6 Å². The van der Waals surface area contributed by atoms with Gasteiger partial charge in [-0.25, -0.2) is 8.78 Å². The van der Waals surface area contributed by atoms with Crippen LogP contribution < -0.4 is 0 Å². The van der Waals surface area contributed by atoms with Crippen molar-refractivity contribution in [1.29, 1.82) is 0 Å². The Bertz CT molecular complexity index is 602. The lowest BCUT2D eigenvalue weighted by Crippen LogP contribution is -2.06. The van der Waals surface area contributed by atoms with E-state index in [0.29, 0.717) is 5.56 Å². The molecule has 0 aliphatic heterocycles. The average molecular weight is 359 g/mol. The van der Waals surface area contributed by atoms with E-state index in [1.54, 1.807) is 23.9 Å². The zero-order valence-electron chi connectivity index (χ0n) is 10.7. The van der Waals surface area contributed by atoms with Gasteiger partial charge in [-0.3, -0.25) is 0 Å². The highest BCUT2D eigenvalue weighted by atomic mass is 79.9. The molecule has 1 unspecified atom stereocenters. The van der Waals surface area contributed by atoms with Crippen molar-refractivity contribution in [2.24, 2.45) is 0 Å². The molecule has 1 atom stereocenters. The second kappa shape index (κ2) is 6.70. The van der Waals surface area contributed by atoms with Gasteiger partial charge in [-0.05, 0) is 51.5 Å². The molecule has 0 saturated carbocycles. The minimum absolute atomic E-state index is 0.131. The first-order valence-electron chi connectivity index (χ1n) is 6.08. The molecule has 0 heterocycles. The molecule has 0 fully saturated rings. The minimum atomic E-state index is -1.33. The van der Waals surface area contributed by atoms with Crippen LogP contribution in [0.1, 0.15) is 24.2 Å². The Morgan fingerprint density at radius 2 is 1.80 bits per heavy atom. The summed E-state index contributed by atoms with van der Waals surface area (Å²) < 4.78 is 27.8. The number of benzene rings is 2. The second-order valence-corrected chi connectivity index (χ2v) is 6.35. The van der Waals surface area contributed by atoms with Crippen LogP contribution in [0, 0.1) is 11.6 Å². The number of aliphatic hydroxyl groups is 1. The van der Waals surface area contributed by atoms with E-state index in [1.807, 2.05) is 19.1 Å². The topological polar surface area (TPSA) is 20.2 Å². The van der Waals surface area contributed by atoms with Crippen molar-refractivity contribution in [3.63, 3.8) is 0 Å². The van der Waals surface area contributed by atoms with Crippen LogP contribution in [0.3, 0.4) is 0 Å². The number of thioether (sulfide) groups is 1. The van der Waals surface area contributed by atoms with Gasteiger partial charge in [0.1, 0.15) is 17.7 Å². The summed E-state index contributed by atoms with van der Waals surface area (Å²) in [5, 5.41) is 10.2. The molecule has 1 N–H and O–H groups in total. The fourth-order valence-electron chi connectivity index (χ4n) is 1.87. The monoisotopic (exact) mass is 358 g/mol. The first kappa shape index (κ1) is 15.5. The molecule has 2 aromatic carbocycles. The van der Waals surface area contributed by atoms with E-state index in [2.05, 4.69) is 15.9 Å². The van der Waals surface area contributed by atoms with Crippen LogP contribution in [0.15, 0.2) is 45.8 Å². The van der Waals surface area contributed by atoms with Gasteiger partial charge in [0.25, 0.3) is 0 Å². The van der Waals surface area contributed by atoms with E-state index in [1.165, 1.54) is 6.07 Å². The Hall–Kier alpha value is -0.910. The van der Waals surface area contributed by atoms with Gasteiger partial charge in [0.15, 0.2) is 0 Å². The fraction of sp³-hybridized carbons (Fsp3) is 0.200. The Kier molecular flexibility index (Phi) is 5.18. The zero-order chi connectivity index (χ0) is 14.7.